The Kier molecular flexibility index (Phi) is 7.17. The zero-order valence-corrected chi connectivity index (χ0v) is 21.8. The molecule has 1 aromatic carbocycles. The van der Waals surface area contributed by atoms with Crippen molar-refractivity contribution < 1.29 is 22.8 Å². The van der Waals surface area contributed by atoms with Gasteiger partial charge in [0, 0.05) is 54.4 Å². The van der Waals surface area contributed by atoms with Gasteiger partial charge in [-0.3, -0.25) is 4.79 Å². The lowest BCUT2D eigenvalue weighted by Gasteiger charge is -2.50. The average Bonchev–Trinajstić information content (AvgIpc) is 3.53. The first-order valence-electron chi connectivity index (χ1n) is 12.8. The standard InChI is InChI=1S/C26H29F3N10O2/c27-26(28,29)13-34-23(41)37-19-3-1-2-16(6-19)20-11-33-21-7-17(10-36-39(20)21)18(8-30)9-35-24(12-31)14-38(15-24)22(40)25(32)4-5-25/h1-3,6-11,30,35H,4-5,12-15,31-32H2,(H2,34,37,41)/b18-9+,30-8?. The first kappa shape index (κ1) is 28.0. The molecule has 2 fully saturated rings. The maximum Gasteiger partial charge on any atom is 0.405 e. The maximum atomic E-state index is 12.5. The number of carbonyl (C=O) groups excluding carboxylic acids is 2. The van der Waals surface area contributed by atoms with Crippen LogP contribution < -0.4 is 27.4 Å². The van der Waals surface area contributed by atoms with Crippen molar-refractivity contribution in [3.05, 3.63) is 54.5 Å². The Hall–Kier alpha value is -4.50. The molecule has 2 aliphatic rings. The molecule has 3 amide bonds. The Morgan fingerprint density at radius 3 is 2.59 bits per heavy atom. The predicted octanol–water partition coefficient (Wildman–Crippen LogP) is 1.69. The molecule has 5 rings (SSSR count). The van der Waals surface area contributed by atoms with Gasteiger partial charge in [-0.25, -0.2) is 14.3 Å². The molecule has 1 aliphatic carbocycles. The number of nitrogens with two attached hydrogens (primary N) is 2. The number of hydrogen-bond acceptors (Lipinski definition) is 8. The third-order valence-corrected chi connectivity index (χ3v) is 7.13. The van der Waals surface area contributed by atoms with Crippen LogP contribution in [0.3, 0.4) is 0 Å². The van der Waals surface area contributed by atoms with Crippen LogP contribution in [-0.4, -0.2) is 81.1 Å². The minimum atomic E-state index is -4.52. The van der Waals surface area contributed by atoms with E-state index in [1.807, 2.05) is 0 Å². The molecule has 8 N–H and O–H groups in total. The number of hydrogen-bond donors (Lipinski definition) is 6. The number of imidazole rings is 1. The van der Waals surface area contributed by atoms with Crippen LogP contribution in [-0.2, 0) is 4.79 Å². The van der Waals surface area contributed by atoms with E-state index in [9.17, 15) is 22.8 Å². The molecule has 41 heavy (non-hydrogen) atoms. The van der Waals surface area contributed by atoms with E-state index in [4.69, 9.17) is 16.9 Å². The normalized spacial score (nSPS) is 17.5. The fourth-order valence-corrected chi connectivity index (χ4v) is 4.55. The van der Waals surface area contributed by atoms with Crippen molar-refractivity contribution in [1.29, 1.82) is 5.41 Å². The molecule has 3 heterocycles. The van der Waals surface area contributed by atoms with Crippen LogP contribution in [0, 0.1) is 5.41 Å². The summed E-state index contributed by atoms with van der Waals surface area (Å²) in [6.45, 7) is -0.321. The molecule has 1 saturated heterocycles. The van der Waals surface area contributed by atoms with Crippen LogP contribution in [0.4, 0.5) is 23.7 Å². The second-order valence-corrected chi connectivity index (χ2v) is 10.4. The SMILES string of the molecule is N=C/C(=C\NC1(CN)CN(C(=O)C2(N)CC2)C1)c1cnn2c(-c3cccc(NC(=O)NCC(F)(F)F)c3)cnc2c1. The van der Waals surface area contributed by atoms with Crippen molar-refractivity contribution in [2.75, 3.05) is 31.5 Å². The number of halogens is 3. The topological polar surface area (TPSA) is 180 Å². The number of amides is 3. The number of benzene rings is 1. The lowest BCUT2D eigenvalue weighted by Crippen LogP contribution is -2.74. The molecule has 0 atom stereocenters. The lowest BCUT2D eigenvalue weighted by atomic mass is 9.88. The van der Waals surface area contributed by atoms with Crippen molar-refractivity contribution >= 4 is 35.1 Å². The van der Waals surface area contributed by atoms with E-state index in [0.29, 0.717) is 54.0 Å². The Morgan fingerprint density at radius 1 is 1.17 bits per heavy atom. The monoisotopic (exact) mass is 570 g/mol. The Labute approximate surface area is 232 Å². The van der Waals surface area contributed by atoms with Gasteiger partial charge < -0.3 is 37.7 Å². The summed E-state index contributed by atoms with van der Waals surface area (Å²) < 4.78 is 38.7. The summed E-state index contributed by atoms with van der Waals surface area (Å²) >= 11 is 0. The van der Waals surface area contributed by atoms with Crippen molar-refractivity contribution in [1.82, 2.24) is 30.1 Å². The number of allylic oxidation sites excluding steroid dienone is 1. The number of likely N-dealkylation sites (tertiary alicyclic amines) is 1. The molecule has 1 saturated carbocycles. The first-order chi connectivity index (χ1) is 19.4. The first-order valence-corrected chi connectivity index (χ1v) is 12.8. The number of nitrogens with zero attached hydrogens (tertiary/aromatic N) is 4. The smallest absolute Gasteiger partial charge is 0.380 e. The van der Waals surface area contributed by atoms with Crippen molar-refractivity contribution in [2.45, 2.75) is 30.1 Å². The Balaban J connectivity index is 1.29. The molecule has 12 nitrogen and oxygen atoms in total. The number of urea groups is 1. The van der Waals surface area contributed by atoms with E-state index >= 15 is 0 Å². The van der Waals surface area contributed by atoms with Crippen molar-refractivity contribution in [2.24, 2.45) is 11.5 Å². The van der Waals surface area contributed by atoms with Crippen molar-refractivity contribution in [3.8, 4) is 11.3 Å². The largest absolute Gasteiger partial charge is 0.405 e. The highest BCUT2D eigenvalue weighted by Gasteiger charge is 2.53. The number of aromatic nitrogens is 3. The fourth-order valence-electron chi connectivity index (χ4n) is 4.55. The molecule has 2 aromatic heterocycles. The van der Waals surface area contributed by atoms with Crippen LogP contribution in [0.5, 0.6) is 0 Å². The van der Waals surface area contributed by atoms with Crippen LogP contribution in [0.1, 0.15) is 18.4 Å². The molecule has 216 valence electrons. The highest BCUT2D eigenvalue weighted by molar-refractivity contribution is 6.08. The van der Waals surface area contributed by atoms with Gasteiger partial charge in [-0.2, -0.15) is 18.3 Å². The van der Waals surface area contributed by atoms with Crippen molar-refractivity contribution in [3.63, 3.8) is 0 Å². The van der Waals surface area contributed by atoms with Crippen LogP contribution >= 0.6 is 0 Å². The third-order valence-electron chi connectivity index (χ3n) is 7.13. The molecular weight excluding hydrogens is 541 g/mol. The van der Waals surface area contributed by atoms with E-state index in [0.717, 1.165) is 0 Å². The summed E-state index contributed by atoms with van der Waals surface area (Å²) in [5, 5.41) is 19.8. The van der Waals surface area contributed by atoms with E-state index in [1.54, 1.807) is 63.7 Å². The van der Waals surface area contributed by atoms with Gasteiger partial charge in [0.25, 0.3) is 0 Å². The highest BCUT2D eigenvalue weighted by atomic mass is 19.4. The minimum absolute atomic E-state index is 0.0598. The molecule has 0 spiro atoms. The second kappa shape index (κ2) is 10.5. The summed E-state index contributed by atoms with van der Waals surface area (Å²) in [4.78, 5) is 30.4. The molecule has 0 radical (unpaired) electrons. The van der Waals surface area contributed by atoms with Gasteiger partial charge in [-0.15, -0.1) is 0 Å². The van der Waals surface area contributed by atoms with Gasteiger partial charge in [0.2, 0.25) is 5.91 Å². The summed E-state index contributed by atoms with van der Waals surface area (Å²) in [5.74, 6) is -0.0598. The van der Waals surface area contributed by atoms with Gasteiger partial charge >= 0.3 is 12.2 Å². The van der Waals surface area contributed by atoms with Gasteiger partial charge in [-0.1, -0.05) is 12.1 Å². The number of carbonyl (C=O) groups is 2. The van der Waals surface area contributed by atoms with Crippen LogP contribution in [0.25, 0.3) is 22.5 Å². The second-order valence-electron chi connectivity index (χ2n) is 10.4. The molecule has 1 aliphatic heterocycles. The minimum Gasteiger partial charge on any atom is -0.380 e. The lowest BCUT2D eigenvalue weighted by molar-refractivity contribution is -0.141. The Morgan fingerprint density at radius 2 is 1.93 bits per heavy atom. The van der Waals surface area contributed by atoms with Crippen LogP contribution in [0.2, 0.25) is 0 Å². The number of rotatable bonds is 9. The summed E-state index contributed by atoms with van der Waals surface area (Å²) in [6.07, 6.45) is 2.87. The van der Waals surface area contributed by atoms with E-state index in [-0.39, 0.29) is 18.1 Å². The van der Waals surface area contributed by atoms with E-state index in [1.165, 1.54) is 6.21 Å². The van der Waals surface area contributed by atoms with Crippen LogP contribution in [0.15, 0.2) is 48.9 Å². The predicted molar refractivity (Wildman–Crippen MR) is 146 cm³/mol. The Bertz CT molecular complexity index is 1520. The number of nitrogens with one attached hydrogen (secondary N) is 4. The van der Waals surface area contributed by atoms with Gasteiger partial charge in [0.05, 0.1) is 29.2 Å². The number of anilines is 1. The van der Waals surface area contributed by atoms with E-state index in [2.05, 4.69) is 20.7 Å². The molecule has 0 unspecified atom stereocenters. The maximum absolute atomic E-state index is 12.5. The summed E-state index contributed by atoms with van der Waals surface area (Å²) in [7, 11) is 0. The molecular formula is C26H29F3N10O2. The molecule has 15 heteroatoms. The summed E-state index contributed by atoms with van der Waals surface area (Å²) in [5.41, 5.74) is 13.9. The average molecular weight is 571 g/mol. The number of fused-ring (bicyclic) bond motifs is 1. The molecule has 3 aromatic rings. The molecule has 0 bridgehead atoms. The fraction of sp³-hybridized carbons (Fsp3) is 0.346. The number of alkyl halides is 3. The zero-order valence-electron chi connectivity index (χ0n) is 21.8. The zero-order chi connectivity index (χ0) is 29.4. The summed E-state index contributed by atoms with van der Waals surface area (Å²) in [6, 6.07) is 7.30. The van der Waals surface area contributed by atoms with E-state index < -0.39 is 29.8 Å². The van der Waals surface area contributed by atoms with Gasteiger partial charge in [-0.05, 0) is 31.0 Å². The van der Waals surface area contributed by atoms with Gasteiger partial charge in [0.1, 0.15) is 6.54 Å². The third kappa shape index (κ3) is 6.00. The quantitative estimate of drug-likeness (QED) is 0.212. The van der Waals surface area contributed by atoms with Gasteiger partial charge in [0.15, 0.2) is 5.65 Å². The highest BCUT2D eigenvalue weighted by Crippen LogP contribution is 2.36.